The van der Waals surface area contributed by atoms with Gasteiger partial charge in [-0.2, -0.15) is 0 Å². The summed E-state index contributed by atoms with van der Waals surface area (Å²) < 4.78 is 10.3. The van der Waals surface area contributed by atoms with Crippen molar-refractivity contribution in [3.8, 4) is 0 Å². The molecule has 0 aromatic rings. The molecule has 0 N–H and O–H groups in total. The number of amides is 1. The minimum atomic E-state index is -0.505. The van der Waals surface area contributed by atoms with Crippen LogP contribution in [-0.4, -0.2) is 41.8 Å². The zero-order chi connectivity index (χ0) is 14.2. The Morgan fingerprint density at radius 1 is 1.21 bits per heavy atom. The molecular weight excluding hydrogens is 246 g/mol. The Morgan fingerprint density at radius 2 is 1.89 bits per heavy atom. The SMILES string of the molecule is COC(=O)[C@@H]1C[C@H]2CCC[C@@H]1N2C(=O)OC(C)(C)C. The number of rotatable bonds is 1. The molecule has 2 saturated heterocycles. The number of piperidine rings is 1. The molecule has 2 rings (SSSR count). The zero-order valence-electron chi connectivity index (χ0n) is 12.1. The fraction of sp³-hybridized carbons (Fsp3) is 0.857. The lowest BCUT2D eigenvalue weighted by Gasteiger charge is -2.36. The van der Waals surface area contributed by atoms with Crippen LogP contribution < -0.4 is 0 Å². The molecule has 0 radical (unpaired) electrons. The first-order chi connectivity index (χ1) is 8.83. The van der Waals surface area contributed by atoms with E-state index in [4.69, 9.17) is 9.47 Å². The Kier molecular flexibility index (Phi) is 3.74. The molecule has 0 unspecified atom stereocenters. The fourth-order valence-electron chi connectivity index (χ4n) is 3.19. The average Bonchev–Trinajstić information content (AvgIpc) is 2.53. The minimum Gasteiger partial charge on any atom is -0.469 e. The second-order valence-corrected chi connectivity index (χ2v) is 6.41. The van der Waals surface area contributed by atoms with Crippen molar-refractivity contribution < 1.29 is 19.1 Å². The first kappa shape index (κ1) is 14.2. The van der Waals surface area contributed by atoms with Gasteiger partial charge >= 0.3 is 12.1 Å². The van der Waals surface area contributed by atoms with E-state index in [-0.39, 0.29) is 30.1 Å². The summed E-state index contributed by atoms with van der Waals surface area (Å²) in [5.74, 6) is -0.395. The van der Waals surface area contributed by atoms with Gasteiger partial charge in [0.1, 0.15) is 5.60 Å². The van der Waals surface area contributed by atoms with Crippen molar-refractivity contribution in [2.75, 3.05) is 7.11 Å². The number of nitrogens with zero attached hydrogens (tertiary/aromatic N) is 1. The van der Waals surface area contributed by atoms with Crippen LogP contribution in [0.3, 0.4) is 0 Å². The molecular formula is C14H23NO4. The van der Waals surface area contributed by atoms with Gasteiger partial charge in [0.05, 0.1) is 13.0 Å². The first-order valence-electron chi connectivity index (χ1n) is 6.92. The van der Waals surface area contributed by atoms with Gasteiger partial charge in [-0.25, -0.2) is 4.79 Å². The Labute approximate surface area is 114 Å². The molecule has 2 heterocycles. The smallest absolute Gasteiger partial charge is 0.410 e. The minimum absolute atomic E-state index is 0.0546. The van der Waals surface area contributed by atoms with E-state index in [9.17, 15) is 9.59 Å². The lowest BCUT2D eigenvalue weighted by molar-refractivity contribution is -0.146. The van der Waals surface area contributed by atoms with E-state index in [1.807, 2.05) is 20.8 Å². The van der Waals surface area contributed by atoms with E-state index in [0.717, 1.165) is 19.3 Å². The Hall–Kier alpha value is -1.26. The molecule has 108 valence electrons. The summed E-state index contributed by atoms with van der Waals surface area (Å²) in [6, 6.07) is 0.0683. The highest BCUT2D eigenvalue weighted by molar-refractivity contribution is 5.77. The summed E-state index contributed by atoms with van der Waals surface area (Å²) in [6.07, 6.45) is 3.27. The standard InChI is InChI=1S/C14H23NO4/c1-14(2,3)19-13(17)15-9-6-5-7-11(15)10(8-9)12(16)18-4/h9-11H,5-8H2,1-4H3/t9-,10-,11+/m1/s1. The monoisotopic (exact) mass is 269 g/mol. The van der Waals surface area contributed by atoms with Gasteiger partial charge in [0.25, 0.3) is 0 Å². The average molecular weight is 269 g/mol. The number of hydrogen-bond acceptors (Lipinski definition) is 4. The molecule has 2 bridgehead atoms. The third kappa shape index (κ3) is 2.85. The molecule has 5 heteroatoms. The highest BCUT2D eigenvalue weighted by Gasteiger charge is 2.50. The van der Waals surface area contributed by atoms with Gasteiger partial charge in [-0.15, -0.1) is 0 Å². The first-order valence-corrected chi connectivity index (χ1v) is 6.92. The summed E-state index contributed by atoms with van der Waals surface area (Å²) in [5.41, 5.74) is -0.505. The maximum absolute atomic E-state index is 12.3. The topological polar surface area (TPSA) is 55.8 Å². The molecule has 5 nitrogen and oxygen atoms in total. The molecule has 2 aliphatic heterocycles. The lowest BCUT2D eigenvalue weighted by atomic mass is 9.98. The fourth-order valence-corrected chi connectivity index (χ4v) is 3.19. The van der Waals surface area contributed by atoms with Crippen molar-refractivity contribution in [2.45, 2.75) is 64.1 Å². The van der Waals surface area contributed by atoms with Crippen molar-refractivity contribution in [1.29, 1.82) is 0 Å². The summed E-state index contributed by atoms with van der Waals surface area (Å²) in [6.45, 7) is 5.57. The van der Waals surface area contributed by atoms with Crippen LogP contribution in [0.15, 0.2) is 0 Å². The van der Waals surface area contributed by atoms with Gasteiger partial charge < -0.3 is 14.4 Å². The van der Waals surface area contributed by atoms with Gasteiger partial charge in [-0.05, 0) is 46.5 Å². The number of hydrogen-bond donors (Lipinski definition) is 0. The van der Waals surface area contributed by atoms with Crippen LogP contribution in [-0.2, 0) is 14.3 Å². The van der Waals surface area contributed by atoms with E-state index in [2.05, 4.69) is 0 Å². The van der Waals surface area contributed by atoms with E-state index < -0.39 is 5.60 Å². The van der Waals surface area contributed by atoms with Crippen molar-refractivity contribution in [2.24, 2.45) is 5.92 Å². The largest absolute Gasteiger partial charge is 0.469 e. The summed E-state index contributed by atoms with van der Waals surface area (Å²) in [5, 5.41) is 0. The molecule has 19 heavy (non-hydrogen) atoms. The summed E-state index contributed by atoms with van der Waals surface area (Å²) in [7, 11) is 1.41. The Morgan fingerprint density at radius 3 is 2.47 bits per heavy atom. The molecule has 1 amide bonds. The lowest BCUT2D eigenvalue weighted by Crippen LogP contribution is -2.48. The maximum Gasteiger partial charge on any atom is 0.410 e. The van der Waals surface area contributed by atoms with Crippen molar-refractivity contribution >= 4 is 12.1 Å². The molecule has 0 aliphatic carbocycles. The molecule has 2 aliphatic rings. The van der Waals surface area contributed by atoms with E-state index in [0.29, 0.717) is 6.42 Å². The highest BCUT2D eigenvalue weighted by atomic mass is 16.6. The van der Waals surface area contributed by atoms with Crippen LogP contribution in [0.5, 0.6) is 0 Å². The van der Waals surface area contributed by atoms with Crippen LogP contribution in [0.2, 0.25) is 0 Å². The van der Waals surface area contributed by atoms with E-state index in [1.54, 1.807) is 4.90 Å². The van der Waals surface area contributed by atoms with Crippen molar-refractivity contribution in [3.05, 3.63) is 0 Å². The van der Waals surface area contributed by atoms with Crippen molar-refractivity contribution in [3.63, 3.8) is 0 Å². The predicted octanol–water partition coefficient (Wildman–Crippen LogP) is 2.34. The van der Waals surface area contributed by atoms with Gasteiger partial charge in [0.15, 0.2) is 0 Å². The molecule has 2 fully saturated rings. The molecule has 0 aromatic heterocycles. The molecule has 0 aromatic carbocycles. The maximum atomic E-state index is 12.3. The number of methoxy groups -OCH3 is 1. The number of fused-ring (bicyclic) bond motifs is 2. The van der Waals surface area contributed by atoms with Crippen LogP contribution >= 0.6 is 0 Å². The van der Waals surface area contributed by atoms with Crippen LogP contribution in [0.1, 0.15) is 46.5 Å². The van der Waals surface area contributed by atoms with Gasteiger partial charge in [0, 0.05) is 12.1 Å². The second-order valence-electron chi connectivity index (χ2n) is 6.41. The number of esters is 1. The van der Waals surface area contributed by atoms with E-state index >= 15 is 0 Å². The van der Waals surface area contributed by atoms with Crippen LogP contribution in [0, 0.1) is 5.92 Å². The number of ether oxygens (including phenoxy) is 2. The number of carbonyl (C=O) groups is 2. The van der Waals surface area contributed by atoms with Gasteiger partial charge in [-0.1, -0.05) is 0 Å². The third-order valence-electron chi connectivity index (χ3n) is 3.89. The normalized spacial score (nSPS) is 30.1. The second kappa shape index (κ2) is 5.02. The van der Waals surface area contributed by atoms with Crippen LogP contribution in [0.25, 0.3) is 0 Å². The predicted molar refractivity (Wildman–Crippen MR) is 69.6 cm³/mol. The summed E-state index contributed by atoms with van der Waals surface area (Å²) >= 11 is 0. The Bertz CT molecular complexity index is 374. The van der Waals surface area contributed by atoms with Gasteiger partial charge in [0.2, 0.25) is 0 Å². The third-order valence-corrected chi connectivity index (χ3v) is 3.89. The number of carbonyl (C=O) groups excluding carboxylic acids is 2. The summed E-state index contributed by atoms with van der Waals surface area (Å²) in [4.78, 5) is 25.9. The molecule has 0 spiro atoms. The Balaban J connectivity index is 2.13. The quantitative estimate of drug-likeness (QED) is 0.686. The molecule has 0 saturated carbocycles. The van der Waals surface area contributed by atoms with Crippen molar-refractivity contribution in [1.82, 2.24) is 4.90 Å². The van der Waals surface area contributed by atoms with E-state index in [1.165, 1.54) is 7.11 Å². The van der Waals surface area contributed by atoms with Crippen LogP contribution in [0.4, 0.5) is 4.79 Å². The van der Waals surface area contributed by atoms with Gasteiger partial charge in [-0.3, -0.25) is 4.79 Å². The highest BCUT2D eigenvalue weighted by Crippen LogP contribution is 2.41. The zero-order valence-corrected chi connectivity index (χ0v) is 12.1. The molecule has 3 atom stereocenters.